The summed E-state index contributed by atoms with van der Waals surface area (Å²) < 4.78 is 11.3. The Morgan fingerprint density at radius 1 is 1.53 bits per heavy atom. The second-order valence-electron chi connectivity index (χ2n) is 3.71. The van der Waals surface area contributed by atoms with Gasteiger partial charge in [0, 0.05) is 5.56 Å². The van der Waals surface area contributed by atoms with E-state index in [2.05, 4.69) is 15.9 Å². The maximum Gasteiger partial charge on any atom is 0.339 e. The normalized spacial score (nSPS) is 18.3. The van der Waals surface area contributed by atoms with Crippen LogP contribution in [0.2, 0.25) is 0 Å². The molecule has 0 aromatic heterocycles. The number of allylic oxidation sites excluding steroid dienone is 1. The Balaban J connectivity index is 2.50. The lowest BCUT2D eigenvalue weighted by Crippen LogP contribution is -1.95. The molecule has 1 unspecified atom stereocenters. The van der Waals surface area contributed by atoms with Crippen molar-refractivity contribution in [2.24, 2.45) is 0 Å². The first kappa shape index (κ1) is 12.2. The van der Waals surface area contributed by atoms with E-state index >= 15 is 0 Å². The number of esters is 1. The number of rotatable bonds is 3. The van der Waals surface area contributed by atoms with Crippen LogP contribution in [0.5, 0.6) is 5.75 Å². The number of fused-ring (bicyclic) bond motifs is 1. The molecule has 90 valence electrons. The minimum atomic E-state index is -0.318. The van der Waals surface area contributed by atoms with E-state index in [-0.39, 0.29) is 12.1 Å². The van der Waals surface area contributed by atoms with Crippen molar-refractivity contribution in [3.63, 3.8) is 0 Å². The Labute approximate surface area is 109 Å². The van der Waals surface area contributed by atoms with E-state index in [0.717, 1.165) is 16.5 Å². The summed E-state index contributed by atoms with van der Waals surface area (Å²) in [4.78, 5) is 11.7. The van der Waals surface area contributed by atoms with E-state index in [1.807, 2.05) is 19.1 Å². The number of halogens is 1. The van der Waals surface area contributed by atoms with E-state index in [1.54, 1.807) is 19.2 Å². The number of ether oxygens (including phenoxy) is 2. The van der Waals surface area contributed by atoms with Crippen LogP contribution >= 0.6 is 15.9 Å². The van der Waals surface area contributed by atoms with Crippen molar-refractivity contribution in [3.05, 3.63) is 39.9 Å². The van der Waals surface area contributed by atoms with Crippen molar-refractivity contribution in [2.45, 2.75) is 19.4 Å². The first-order valence-electron chi connectivity index (χ1n) is 5.43. The zero-order chi connectivity index (χ0) is 12.4. The fraction of sp³-hybridized carbons (Fsp3) is 0.308. The van der Waals surface area contributed by atoms with Crippen LogP contribution in [0, 0.1) is 0 Å². The van der Waals surface area contributed by atoms with E-state index < -0.39 is 0 Å². The molecular formula is C13H13BrO3. The Morgan fingerprint density at radius 3 is 2.94 bits per heavy atom. The number of benzene rings is 1. The summed E-state index contributed by atoms with van der Waals surface area (Å²) >= 11 is 3.46. The molecule has 4 heteroatoms. The maximum absolute atomic E-state index is 11.7. The quantitative estimate of drug-likeness (QED) is 0.631. The molecule has 17 heavy (non-hydrogen) atoms. The molecule has 0 saturated carbocycles. The van der Waals surface area contributed by atoms with Crippen LogP contribution in [0.25, 0.3) is 0 Å². The molecule has 1 aliphatic rings. The van der Waals surface area contributed by atoms with Gasteiger partial charge in [-0.3, -0.25) is 0 Å². The van der Waals surface area contributed by atoms with E-state index in [1.165, 1.54) is 0 Å². The molecule has 1 heterocycles. The fourth-order valence-corrected chi connectivity index (χ4v) is 2.55. The predicted molar refractivity (Wildman–Crippen MR) is 68.3 cm³/mol. The van der Waals surface area contributed by atoms with Crippen LogP contribution in [0.1, 0.15) is 35.4 Å². The van der Waals surface area contributed by atoms with Crippen LogP contribution in [0.4, 0.5) is 0 Å². The van der Waals surface area contributed by atoms with Crippen LogP contribution in [-0.2, 0) is 4.74 Å². The third-order valence-corrected chi connectivity index (χ3v) is 3.47. The highest BCUT2D eigenvalue weighted by molar-refractivity contribution is 9.10. The minimum Gasteiger partial charge on any atom is -0.496 e. The fourth-order valence-electron chi connectivity index (χ4n) is 1.82. The van der Waals surface area contributed by atoms with Gasteiger partial charge >= 0.3 is 5.97 Å². The molecule has 0 fully saturated rings. The van der Waals surface area contributed by atoms with Crippen LogP contribution in [-0.4, -0.2) is 13.1 Å². The van der Waals surface area contributed by atoms with Crippen molar-refractivity contribution in [2.75, 3.05) is 7.11 Å². The average molecular weight is 297 g/mol. The topological polar surface area (TPSA) is 35.5 Å². The smallest absolute Gasteiger partial charge is 0.339 e. The molecule has 0 radical (unpaired) electrons. The Bertz CT molecular complexity index is 480. The van der Waals surface area contributed by atoms with Gasteiger partial charge in [0.2, 0.25) is 0 Å². The molecule has 3 nitrogen and oxygen atoms in total. The largest absolute Gasteiger partial charge is 0.496 e. The number of hydrogen-bond acceptors (Lipinski definition) is 3. The first-order chi connectivity index (χ1) is 8.19. The van der Waals surface area contributed by atoms with Crippen LogP contribution in [0.15, 0.2) is 28.8 Å². The van der Waals surface area contributed by atoms with Gasteiger partial charge in [0.25, 0.3) is 0 Å². The van der Waals surface area contributed by atoms with Gasteiger partial charge in [-0.25, -0.2) is 4.79 Å². The molecule has 0 amide bonds. The molecule has 1 aromatic rings. The molecule has 1 atom stereocenters. The number of cyclic esters (lactones) is 1. The van der Waals surface area contributed by atoms with Crippen LogP contribution < -0.4 is 4.74 Å². The molecule has 0 saturated heterocycles. The molecule has 0 spiro atoms. The average Bonchev–Trinajstić information content (AvgIpc) is 2.65. The predicted octanol–water partition coefficient (Wildman–Crippen LogP) is 3.64. The zero-order valence-electron chi connectivity index (χ0n) is 9.70. The lowest BCUT2D eigenvalue weighted by molar-refractivity contribution is 0.0466. The van der Waals surface area contributed by atoms with Gasteiger partial charge < -0.3 is 9.47 Å². The highest BCUT2D eigenvalue weighted by atomic mass is 79.9. The number of hydrogen-bond donors (Lipinski definition) is 0. The van der Waals surface area contributed by atoms with Crippen molar-refractivity contribution >= 4 is 21.9 Å². The zero-order valence-corrected chi connectivity index (χ0v) is 11.3. The van der Waals surface area contributed by atoms with E-state index in [4.69, 9.17) is 9.47 Å². The summed E-state index contributed by atoms with van der Waals surface area (Å²) in [5.74, 6) is 0.422. The monoisotopic (exact) mass is 296 g/mol. The third kappa shape index (κ3) is 2.09. The highest BCUT2D eigenvalue weighted by Gasteiger charge is 2.32. The van der Waals surface area contributed by atoms with Crippen molar-refractivity contribution in [3.8, 4) is 5.75 Å². The molecule has 0 aliphatic carbocycles. The summed E-state index contributed by atoms with van der Waals surface area (Å²) in [5, 5.41) is 0. The second kappa shape index (κ2) is 4.92. The lowest BCUT2D eigenvalue weighted by atomic mass is 10.0. The Hall–Kier alpha value is -1.29. The lowest BCUT2D eigenvalue weighted by Gasteiger charge is -2.09. The molecular weight excluding hydrogens is 284 g/mol. The van der Waals surface area contributed by atoms with E-state index in [9.17, 15) is 4.79 Å². The maximum atomic E-state index is 11.7. The number of carbonyl (C=O) groups excluding carboxylic acids is 1. The van der Waals surface area contributed by atoms with Gasteiger partial charge in [-0.2, -0.15) is 0 Å². The van der Waals surface area contributed by atoms with Gasteiger partial charge in [-0.1, -0.05) is 13.0 Å². The Kier molecular flexibility index (Phi) is 3.52. The standard InChI is InChI=1S/C13H13BrO3/c1-3-4-5-9-11-8(13(15)17-9)6-7-10(16-2)12(11)14/h4-7,9H,3H2,1-2H3/b5-4-. The van der Waals surface area contributed by atoms with Crippen molar-refractivity contribution in [1.29, 1.82) is 0 Å². The third-order valence-electron chi connectivity index (χ3n) is 2.65. The second-order valence-corrected chi connectivity index (χ2v) is 4.50. The highest BCUT2D eigenvalue weighted by Crippen LogP contribution is 2.41. The van der Waals surface area contributed by atoms with Gasteiger partial charge in [0.1, 0.15) is 11.9 Å². The molecule has 0 N–H and O–H groups in total. The summed E-state index contributed by atoms with van der Waals surface area (Å²) in [5.41, 5.74) is 1.45. The molecule has 0 bridgehead atoms. The molecule has 2 rings (SSSR count). The van der Waals surface area contributed by atoms with Gasteiger partial charge in [0.15, 0.2) is 0 Å². The van der Waals surface area contributed by atoms with Crippen molar-refractivity contribution in [1.82, 2.24) is 0 Å². The van der Waals surface area contributed by atoms with Crippen molar-refractivity contribution < 1.29 is 14.3 Å². The molecule has 1 aliphatic heterocycles. The summed E-state index contributed by atoms with van der Waals surface area (Å²) in [6, 6.07) is 3.50. The SMILES string of the molecule is CC/C=C\C1OC(=O)c2ccc(OC)c(Br)c21. The summed E-state index contributed by atoms with van der Waals surface area (Å²) in [6.45, 7) is 2.04. The Morgan fingerprint density at radius 2 is 2.29 bits per heavy atom. The first-order valence-corrected chi connectivity index (χ1v) is 6.22. The van der Waals surface area contributed by atoms with E-state index in [0.29, 0.717) is 11.3 Å². The molecule has 1 aromatic carbocycles. The summed E-state index contributed by atoms with van der Waals surface area (Å²) in [6.07, 6.45) is 4.47. The van der Waals surface area contributed by atoms with Gasteiger partial charge in [-0.05, 0) is 40.6 Å². The van der Waals surface area contributed by atoms with Crippen LogP contribution in [0.3, 0.4) is 0 Å². The van der Waals surface area contributed by atoms with Gasteiger partial charge in [0.05, 0.1) is 17.1 Å². The summed E-state index contributed by atoms with van der Waals surface area (Å²) in [7, 11) is 1.60. The minimum absolute atomic E-state index is 0.283. The van der Waals surface area contributed by atoms with Gasteiger partial charge in [-0.15, -0.1) is 0 Å². The number of methoxy groups -OCH3 is 1. The number of carbonyl (C=O) groups is 1.